The normalized spacial score (nSPS) is 28.7. The Morgan fingerprint density at radius 3 is 2.42 bits per heavy atom. The monoisotopic (exact) mass is 531 g/mol. The molecule has 0 radical (unpaired) electrons. The number of anilines is 1. The van der Waals surface area contributed by atoms with Crippen molar-refractivity contribution in [3.8, 4) is 5.75 Å². The van der Waals surface area contributed by atoms with Gasteiger partial charge in [-0.25, -0.2) is 0 Å². The molecule has 38 heavy (non-hydrogen) atoms. The molecule has 4 rings (SSSR count). The molecule has 5 atom stereocenters. The molecule has 2 fully saturated rings. The van der Waals surface area contributed by atoms with E-state index in [1.54, 1.807) is 25.1 Å². The lowest BCUT2D eigenvalue weighted by molar-refractivity contribution is -0.175. The van der Waals surface area contributed by atoms with Crippen LogP contribution < -0.4 is 16.0 Å². The highest BCUT2D eigenvalue weighted by Gasteiger charge is 2.66. The molecule has 0 spiro atoms. The molecule has 0 saturated heterocycles. The number of amides is 1. The van der Waals surface area contributed by atoms with Crippen LogP contribution in [0.2, 0.25) is 0 Å². The zero-order chi connectivity index (χ0) is 28.1. The molecule has 2 saturated carbocycles. The number of primary amides is 1. The van der Waals surface area contributed by atoms with Gasteiger partial charge in [-0.3, -0.25) is 24.0 Å². The second kappa shape index (κ2) is 10.2. The van der Waals surface area contributed by atoms with Gasteiger partial charge in [-0.15, -0.1) is 0 Å². The predicted octanol–water partition coefficient (Wildman–Crippen LogP) is -0.899. The van der Waals surface area contributed by atoms with Crippen molar-refractivity contribution in [2.45, 2.75) is 37.7 Å². The molecule has 0 aromatic heterocycles. The van der Waals surface area contributed by atoms with Gasteiger partial charge in [-0.2, -0.15) is 0 Å². The molecule has 3 aliphatic carbocycles. The fourth-order valence-electron chi connectivity index (χ4n) is 6.19. The van der Waals surface area contributed by atoms with Crippen LogP contribution >= 0.6 is 0 Å². The molecule has 2 unspecified atom stereocenters. The fraction of sp³-hybridized carbons (Fsp3) is 0.577. The molecular weight excluding hydrogens is 498 g/mol. The summed E-state index contributed by atoms with van der Waals surface area (Å²) in [5.41, 5.74) is 4.15. The number of aromatic hydroxyl groups is 1. The number of phenolic OH excluding ortho intramolecular Hbond substituents is 1. The summed E-state index contributed by atoms with van der Waals surface area (Å²) in [7, 11) is 6.56. The molecule has 12 nitrogen and oxygen atoms in total. The first-order chi connectivity index (χ1) is 17.9. The number of benzene rings is 1. The van der Waals surface area contributed by atoms with Crippen LogP contribution in [0.1, 0.15) is 34.3 Å². The van der Waals surface area contributed by atoms with E-state index in [4.69, 9.17) is 15.2 Å². The number of phenols is 1. The third kappa shape index (κ3) is 4.21. The van der Waals surface area contributed by atoms with Crippen LogP contribution in [0, 0.1) is 23.7 Å². The van der Waals surface area contributed by atoms with Gasteiger partial charge in [0.25, 0.3) is 0 Å². The highest BCUT2D eigenvalue weighted by atomic mass is 16.7. The van der Waals surface area contributed by atoms with Crippen molar-refractivity contribution in [2.24, 2.45) is 29.4 Å². The molecular formula is C26H33N3O9. The summed E-state index contributed by atoms with van der Waals surface area (Å²) in [5, 5.41) is 25.6. The molecule has 1 amide bonds. The number of carbonyl (C=O) groups is 5. The number of fused-ring (bicyclic) bond motifs is 3. The smallest absolute Gasteiger partial charge is 0.235 e. The largest absolute Gasteiger partial charge is 0.507 e. The van der Waals surface area contributed by atoms with Crippen LogP contribution in [-0.2, 0) is 41.6 Å². The van der Waals surface area contributed by atoms with Crippen LogP contribution in [0.3, 0.4) is 0 Å². The number of carbonyl (C=O) groups excluding carboxylic acids is 5. The summed E-state index contributed by atoms with van der Waals surface area (Å²) in [6.45, 7) is 0.458. The van der Waals surface area contributed by atoms with Crippen LogP contribution in [0.5, 0.6) is 5.75 Å². The second-order valence-corrected chi connectivity index (χ2v) is 10.4. The molecule has 206 valence electrons. The van der Waals surface area contributed by atoms with E-state index in [9.17, 15) is 34.2 Å². The van der Waals surface area contributed by atoms with Gasteiger partial charge >= 0.3 is 0 Å². The first kappa shape index (κ1) is 27.8. The van der Waals surface area contributed by atoms with Gasteiger partial charge in [0.15, 0.2) is 40.9 Å². The molecule has 5 N–H and O–H groups in total. The summed E-state index contributed by atoms with van der Waals surface area (Å²) in [4.78, 5) is 66.7. The van der Waals surface area contributed by atoms with Gasteiger partial charge < -0.3 is 35.6 Å². The molecule has 1 aromatic rings. The Bertz CT molecular complexity index is 1210. The molecule has 3 aliphatic rings. The van der Waals surface area contributed by atoms with E-state index in [1.807, 2.05) is 0 Å². The van der Waals surface area contributed by atoms with Crippen LogP contribution in [0.25, 0.3) is 0 Å². The average molecular weight is 532 g/mol. The van der Waals surface area contributed by atoms with Crippen molar-refractivity contribution < 1.29 is 43.7 Å². The van der Waals surface area contributed by atoms with E-state index < -0.39 is 64.6 Å². The second-order valence-electron chi connectivity index (χ2n) is 10.4. The van der Waals surface area contributed by atoms with Crippen molar-refractivity contribution in [1.29, 1.82) is 0 Å². The summed E-state index contributed by atoms with van der Waals surface area (Å²) >= 11 is 0. The SMILES string of the molecule is COC(CNCc1cc(N(C)C)c2c(c1O)C(=O)C1C(=O)[C@]3(O)C(=O)C(C(N)=O)C(=O)C[C@@H]3C[C@@H]1C2)OC. The number of nitrogens with two attached hydrogens (primary N) is 1. The Labute approximate surface area is 219 Å². The number of rotatable bonds is 8. The lowest BCUT2D eigenvalue weighted by atomic mass is 9.53. The number of nitrogens with zero attached hydrogens (tertiary/aromatic N) is 1. The van der Waals surface area contributed by atoms with E-state index in [1.165, 1.54) is 14.2 Å². The third-order valence-corrected chi connectivity index (χ3v) is 8.09. The number of nitrogens with one attached hydrogen (secondary N) is 1. The van der Waals surface area contributed by atoms with Gasteiger partial charge in [-0.05, 0) is 30.4 Å². The highest BCUT2D eigenvalue weighted by molar-refractivity contribution is 6.31. The highest BCUT2D eigenvalue weighted by Crippen LogP contribution is 2.51. The minimum Gasteiger partial charge on any atom is -0.507 e. The average Bonchev–Trinajstić information content (AvgIpc) is 2.84. The maximum atomic E-state index is 13.8. The zero-order valence-electron chi connectivity index (χ0n) is 21.8. The Balaban J connectivity index is 1.74. The van der Waals surface area contributed by atoms with Crippen molar-refractivity contribution in [2.75, 3.05) is 39.8 Å². The Morgan fingerprint density at radius 1 is 1.18 bits per heavy atom. The Hall–Kier alpha value is -3.19. The van der Waals surface area contributed by atoms with Crippen molar-refractivity contribution in [1.82, 2.24) is 5.32 Å². The number of hydrogen-bond acceptors (Lipinski definition) is 11. The van der Waals surface area contributed by atoms with Crippen molar-refractivity contribution in [3.05, 3.63) is 22.8 Å². The first-order valence-electron chi connectivity index (χ1n) is 12.4. The van der Waals surface area contributed by atoms with Crippen molar-refractivity contribution in [3.63, 3.8) is 0 Å². The Morgan fingerprint density at radius 2 is 1.84 bits per heavy atom. The van der Waals surface area contributed by atoms with Gasteiger partial charge in [0.2, 0.25) is 5.91 Å². The van der Waals surface area contributed by atoms with Gasteiger partial charge in [-0.1, -0.05) is 0 Å². The summed E-state index contributed by atoms with van der Waals surface area (Å²) in [6.07, 6.45) is -0.627. The summed E-state index contributed by atoms with van der Waals surface area (Å²) < 4.78 is 10.3. The van der Waals surface area contributed by atoms with Crippen molar-refractivity contribution >= 4 is 34.7 Å². The molecule has 1 aromatic carbocycles. The van der Waals surface area contributed by atoms with Crippen LogP contribution in [0.4, 0.5) is 5.69 Å². The number of hydrogen-bond donors (Lipinski definition) is 4. The van der Waals surface area contributed by atoms with Gasteiger partial charge in [0.1, 0.15) is 5.75 Å². The minimum atomic E-state index is -2.67. The fourth-order valence-corrected chi connectivity index (χ4v) is 6.19. The van der Waals surface area contributed by atoms with E-state index in [0.717, 1.165) is 0 Å². The molecule has 0 heterocycles. The number of Topliss-reactive ketones (excluding diaryl/α,β-unsaturated/α-hetero) is 4. The van der Waals surface area contributed by atoms with Crippen LogP contribution in [0.15, 0.2) is 6.07 Å². The van der Waals surface area contributed by atoms with E-state index in [-0.39, 0.29) is 37.1 Å². The Kier molecular flexibility index (Phi) is 7.45. The number of methoxy groups -OCH3 is 2. The molecule has 0 bridgehead atoms. The minimum absolute atomic E-state index is 0.0366. The maximum Gasteiger partial charge on any atom is 0.235 e. The summed E-state index contributed by atoms with van der Waals surface area (Å²) in [5.74, 6) is -10.3. The summed E-state index contributed by atoms with van der Waals surface area (Å²) in [6, 6.07) is 1.76. The zero-order valence-corrected chi connectivity index (χ0v) is 21.8. The number of ketones is 4. The van der Waals surface area contributed by atoms with Gasteiger partial charge in [0.05, 0.1) is 11.5 Å². The number of ether oxygens (including phenoxy) is 2. The number of aliphatic hydroxyl groups is 1. The molecule has 0 aliphatic heterocycles. The predicted molar refractivity (Wildman–Crippen MR) is 132 cm³/mol. The lowest BCUT2D eigenvalue weighted by Crippen LogP contribution is -2.68. The topological polar surface area (TPSA) is 186 Å². The standard InChI is InChI=1S/C26H33N3O9/c1-29(2)15-7-12(9-28-10-17(37-3)38-4)21(31)19-14(15)6-11-5-13-8-16(30)20(25(27)35)24(34)26(13,36)23(33)18(11)22(19)32/h7,11,13,17-18,20,28,31,36H,5-6,8-10H2,1-4H3,(H2,27,35)/t11-,13+,18?,20?,26+/m1/s1. The lowest BCUT2D eigenvalue weighted by Gasteiger charge is -2.48. The quantitative estimate of drug-likeness (QED) is 0.241. The van der Waals surface area contributed by atoms with E-state index >= 15 is 0 Å². The maximum absolute atomic E-state index is 13.8. The van der Waals surface area contributed by atoms with E-state index in [2.05, 4.69) is 5.32 Å². The first-order valence-corrected chi connectivity index (χ1v) is 12.4. The van der Waals surface area contributed by atoms with Gasteiger partial charge in [0, 0.05) is 65.0 Å². The molecule has 12 heteroatoms. The van der Waals surface area contributed by atoms with Crippen LogP contribution in [-0.4, -0.2) is 86.0 Å². The van der Waals surface area contributed by atoms with E-state index in [0.29, 0.717) is 23.4 Å². The third-order valence-electron chi connectivity index (χ3n) is 8.09.